The third kappa shape index (κ3) is 2.49. The zero-order valence-electron chi connectivity index (χ0n) is 11.9. The second-order valence-electron chi connectivity index (χ2n) is 4.69. The number of carbonyl (C=O) groups excluding carboxylic acids is 1. The van der Waals surface area contributed by atoms with Crippen molar-refractivity contribution >= 4 is 17.4 Å². The second kappa shape index (κ2) is 5.32. The monoisotopic (exact) mass is 275 g/mol. The van der Waals surface area contributed by atoms with Gasteiger partial charge in [-0.3, -0.25) is 9.78 Å². The molecular weight excluding hydrogens is 258 g/mol. The molecular formula is C14H17N3O3. The Morgan fingerprint density at radius 1 is 1.50 bits per heavy atom. The average molecular weight is 275 g/mol. The maximum absolute atomic E-state index is 11.9. The second-order valence-corrected chi connectivity index (χ2v) is 4.69. The zero-order valence-corrected chi connectivity index (χ0v) is 11.9. The van der Waals surface area contributed by atoms with Crippen LogP contribution >= 0.6 is 0 Å². The van der Waals surface area contributed by atoms with E-state index in [4.69, 9.17) is 14.9 Å². The standard InChI is InChI=1S/C14H17N3O3/c1-8-10(15)5-13(20-8)9-7-16-11(6-12(9)19-4)14(18)17(2)3/h5-8,15H,1-4H3. The number of rotatable bonds is 3. The lowest BCUT2D eigenvalue weighted by Crippen LogP contribution is -2.22. The number of pyridine rings is 1. The lowest BCUT2D eigenvalue weighted by molar-refractivity contribution is 0.0821. The smallest absolute Gasteiger partial charge is 0.272 e. The molecule has 1 aliphatic heterocycles. The highest BCUT2D eigenvalue weighted by Gasteiger charge is 2.24. The molecule has 2 rings (SSSR count). The first-order chi connectivity index (χ1) is 9.43. The average Bonchev–Trinajstić information content (AvgIpc) is 2.76. The third-order valence-corrected chi connectivity index (χ3v) is 3.00. The molecule has 6 heteroatoms. The quantitative estimate of drug-likeness (QED) is 0.908. The summed E-state index contributed by atoms with van der Waals surface area (Å²) in [5, 5.41) is 7.71. The molecule has 1 N–H and O–H groups in total. The van der Waals surface area contributed by atoms with Crippen LogP contribution in [0.2, 0.25) is 0 Å². The number of carbonyl (C=O) groups is 1. The molecule has 0 radical (unpaired) electrons. The summed E-state index contributed by atoms with van der Waals surface area (Å²) in [6.07, 6.45) is 2.89. The molecule has 6 nitrogen and oxygen atoms in total. The molecule has 0 bridgehead atoms. The van der Waals surface area contributed by atoms with Crippen molar-refractivity contribution in [3.05, 3.63) is 29.6 Å². The predicted octanol–water partition coefficient (Wildman–Crippen LogP) is 1.57. The summed E-state index contributed by atoms with van der Waals surface area (Å²) >= 11 is 0. The Morgan fingerprint density at radius 2 is 2.20 bits per heavy atom. The fourth-order valence-electron chi connectivity index (χ4n) is 1.82. The summed E-state index contributed by atoms with van der Waals surface area (Å²) in [5.74, 6) is 0.839. The molecule has 0 aliphatic carbocycles. The number of amides is 1. The highest BCUT2D eigenvalue weighted by atomic mass is 16.5. The summed E-state index contributed by atoms with van der Waals surface area (Å²) in [4.78, 5) is 17.5. The molecule has 0 saturated heterocycles. The van der Waals surface area contributed by atoms with Crippen LogP contribution in [0.25, 0.3) is 5.76 Å². The molecule has 0 spiro atoms. The predicted molar refractivity (Wildman–Crippen MR) is 75.1 cm³/mol. The Morgan fingerprint density at radius 3 is 2.70 bits per heavy atom. The summed E-state index contributed by atoms with van der Waals surface area (Å²) in [5.41, 5.74) is 1.34. The summed E-state index contributed by atoms with van der Waals surface area (Å²) in [6, 6.07) is 1.58. The number of nitrogens with one attached hydrogen (secondary N) is 1. The van der Waals surface area contributed by atoms with E-state index < -0.39 is 0 Å². The van der Waals surface area contributed by atoms with Crippen molar-refractivity contribution in [2.24, 2.45) is 0 Å². The highest BCUT2D eigenvalue weighted by Crippen LogP contribution is 2.31. The van der Waals surface area contributed by atoms with Gasteiger partial charge in [0.25, 0.3) is 5.91 Å². The van der Waals surface area contributed by atoms with Crippen LogP contribution in [-0.4, -0.2) is 48.8 Å². The van der Waals surface area contributed by atoms with Crippen molar-refractivity contribution in [2.45, 2.75) is 13.0 Å². The topological polar surface area (TPSA) is 75.5 Å². The lowest BCUT2D eigenvalue weighted by Gasteiger charge is -2.14. The van der Waals surface area contributed by atoms with Crippen LogP contribution in [-0.2, 0) is 4.74 Å². The minimum Gasteiger partial charge on any atom is -0.496 e. The molecule has 1 amide bonds. The first kappa shape index (κ1) is 14.0. The van der Waals surface area contributed by atoms with Gasteiger partial charge in [0.2, 0.25) is 0 Å². The molecule has 106 valence electrons. The van der Waals surface area contributed by atoms with Crippen molar-refractivity contribution < 1.29 is 14.3 Å². The van der Waals surface area contributed by atoms with Crippen molar-refractivity contribution in [2.75, 3.05) is 21.2 Å². The van der Waals surface area contributed by atoms with Crippen LogP contribution in [0.3, 0.4) is 0 Å². The fourth-order valence-corrected chi connectivity index (χ4v) is 1.82. The first-order valence-corrected chi connectivity index (χ1v) is 6.17. The van der Waals surface area contributed by atoms with E-state index in [-0.39, 0.29) is 12.0 Å². The number of methoxy groups -OCH3 is 1. The Kier molecular flexibility index (Phi) is 3.74. The van der Waals surface area contributed by atoms with E-state index in [2.05, 4.69) is 4.98 Å². The maximum atomic E-state index is 11.9. The van der Waals surface area contributed by atoms with E-state index in [1.54, 1.807) is 33.2 Å². The van der Waals surface area contributed by atoms with Gasteiger partial charge in [-0.25, -0.2) is 0 Å². The first-order valence-electron chi connectivity index (χ1n) is 6.17. The Hall–Kier alpha value is -2.37. The maximum Gasteiger partial charge on any atom is 0.272 e. The Balaban J connectivity index is 2.39. The van der Waals surface area contributed by atoms with Crippen molar-refractivity contribution in [1.82, 2.24) is 9.88 Å². The molecule has 0 fully saturated rings. The number of hydrogen-bond donors (Lipinski definition) is 1. The number of ether oxygens (including phenoxy) is 2. The number of hydrogen-bond acceptors (Lipinski definition) is 5. The molecule has 2 heterocycles. The molecule has 1 unspecified atom stereocenters. The van der Waals surface area contributed by atoms with E-state index in [0.29, 0.717) is 28.5 Å². The van der Waals surface area contributed by atoms with Gasteiger partial charge in [-0.2, -0.15) is 0 Å². The van der Waals surface area contributed by atoms with E-state index in [0.717, 1.165) is 0 Å². The number of nitrogens with zero attached hydrogens (tertiary/aromatic N) is 2. The molecule has 1 atom stereocenters. The van der Waals surface area contributed by atoms with Crippen LogP contribution < -0.4 is 4.74 Å². The van der Waals surface area contributed by atoms with Gasteiger partial charge in [-0.15, -0.1) is 0 Å². The SMILES string of the molecule is COc1cc(C(=O)N(C)C)ncc1C1=CC(=N)C(C)O1. The van der Waals surface area contributed by atoms with Gasteiger partial charge in [0.15, 0.2) is 0 Å². The van der Waals surface area contributed by atoms with Gasteiger partial charge >= 0.3 is 0 Å². The fraction of sp³-hybridized carbons (Fsp3) is 0.357. The van der Waals surface area contributed by atoms with E-state index in [1.807, 2.05) is 0 Å². The highest BCUT2D eigenvalue weighted by molar-refractivity contribution is 6.04. The lowest BCUT2D eigenvalue weighted by atomic mass is 10.1. The largest absolute Gasteiger partial charge is 0.496 e. The molecule has 20 heavy (non-hydrogen) atoms. The van der Waals surface area contributed by atoms with Gasteiger partial charge < -0.3 is 19.8 Å². The molecule has 0 aromatic carbocycles. The van der Waals surface area contributed by atoms with Crippen molar-refractivity contribution in [1.29, 1.82) is 5.41 Å². The van der Waals surface area contributed by atoms with Gasteiger partial charge in [0.05, 0.1) is 18.4 Å². The van der Waals surface area contributed by atoms with Crippen LogP contribution in [0, 0.1) is 5.41 Å². The Labute approximate surface area is 117 Å². The van der Waals surface area contributed by atoms with Crippen molar-refractivity contribution in [3.63, 3.8) is 0 Å². The van der Waals surface area contributed by atoms with Crippen LogP contribution in [0.15, 0.2) is 18.3 Å². The molecule has 1 aromatic heterocycles. The van der Waals surface area contributed by atoms with Gasteiger partial charge in [-0.05, 0) is 6.92 Å². The van der Waals surface area contributed by atoms with Crippen LogP contribution in [0.4, 0.5) is 0 Å². The summed E-state index contributed by atoms with van der Waals surface area (Å²) < 4.78 is 10.9. The Bertz CT molecular complexity index is 593. The van der Waals surface area contributed by atoms with Crippen LogP contribution in [0.5, 0.6) is 5.75 Å². The zero-order chi connectivity index (χ0) is 14.9. The van der Waals surface area contributed by atoms with E-state index in [1.165, 1.54) is 18.2 Å². The normalized spacial score (nSPS) is 17.5. The van der Waals surface area contributed by atoms with Gasteiger partial charge in [-0.1, -0.05) is 0 Å². The van der Waals surface area contributed by atoms with Gasteiger partial charge in [0.1, 0.15) is 23.3 Å². The minimum atomic E-state index is -0.280. The molecule has 0 saturated carbocycles. The molecule has 1 aliphatic rings. The summed E-state index contributed by atoms with van der Waals surface area (Å²) in [7, 11) is 4.85. The van der Waals surface area contributed by atoms with Gasteiger partial charge in [0, 0.05) is 32.4 Å². The van der Waals surface area contributed by atoms with E-state index in [9.17, 15) is 4.79 Å². The minimum absolute atomic E-state index is 0.197. The van der Waals surface area contributed by atoms with E-state index >= 15 is 0 Å². The van der Waals surface area contributed by atoms with Crippen molar-refractivity contribution in [3.8, 4) is 5.75 Å². The molecule has 1 aromatic rings. The summed E-state index contributed by atoms with van der Waals surface area (Å²) in [6.45, 7) is 1.80. The van der Waals surface area contributed by atoms with Crippen LogP contribution in [0.1, 0.15) is 23.0 Å². The third-order valence-electron chi connectivity index (χ3n) is 3.00. The number of aromatic nitrogens is 1.